The lowest BCUT2D eigenvalue weighted by Crippen LogP contribution is -2.71. The Bertz CT molecular complexity index is 1320. The quantitative estimate of drug-likeness (QED) is 0.241. The first-order valence-electron chi connectivity index (χ1n) is 13.9. The molecule has 2 amide bonds. The molecule has 10 nitrogen and oxygen atoms in total. The lowest BCUT2D eigenvalue weighted by Gasteiger charge is -2.57. The number of rotatable bonds is 14. The van der Waals surface area contributed by atoms with Crippen LogP contribution < -0.4 is 20.1 Å². The number of ether oxygens (including phenoxy) is 5. The average Bonchev–Trinajstić information content (AvgIpc) is 2.97. The Hall–Kier alpha value is -3.48. The molecule has 0 spiro atoms. The highest BCUT2D eigenvalue weighted by Gasteiger charge is 2.57. The number of hydrogen-bond donors (Lipinski definition) is 2. The summed E-state index contributed by atoms with van der Waals surface area (Å²) in [7, 11) is 1.51. The van der Waals surface area contributed by atoms with Crippen molar-refractivity contribution in [1.82, 2.24) is 10.6 Å². The van der Waals surface area contributed by atoms with Gasteiger partial charge in [0.25, 0.3) is 11.8 Å². The van der Waals surface area contributed by atoms with Crippen molar-refractivity contribution in [2.45, 2.75) is 56.2 Å². The first-order valence-corrected chi connectivity index (χ1v) is 14.3. The van der Waals surface area contributed by atoms with E-state index in [2.05, 4.69) is 10.6 Å². The topological polar surface area (TPSA) is 121 Å². The van der Waals surface area contributed by atoms with Gasteiger partial charge in [0.2, 0.25) is 0 Å². The smallest absolute Gasteiger partial charge is 0.332 e. The van der Waals surface area contributed by atoms with Gasteiger partial charge in [-0.1, -0.05) is 17.7 Å². The second-order valence-electron chi connectivity index (χ2n) is 10.8. The van der Waals surface area contributed by atoms with Gasteiger partial charge in [-0.25, -0.2) is 13.6 Å². The van der Waals surface area contributed by atoms with Crippen molar-refractivity contribution in [2.75, 3.05) is 40.1 Å². The zero-order valence-electron chi connectivity index (χ0n) is 24.0. The molecule has 3 aliphatic carbocycles. The van der Waals surface area contributed by atoms with Crippen LogP contribution in [0.1, 0.15) is 37.7 Å². The van der Waals surface area contributed by atoms with Crippen LogP contribution in [0.25, 0.3) is 0 Å². The zero-order chi connectivity index (χ0) is 31.0. The molecule has 2 bridgehead atoms. The summed E-state index contributed by atoms with van der Waals surface area (Å²) in [6, 6.07) is 8.22. The summed E-state index contributed by atoms with van der Waals surface area (Å²) in [6.45, 7) is 1.09. The van der Waals surface area contributed by atoms with Gasteiger partial charge in [-0.15, -0.1) is 0 Å². The van der Waals surface area contributed by atoms with Gasteiger partial charge in [0, 0.05) is 31.2 Å². The molecular formula is C30H35ClF2N2O8. The van der Waals surface area contributed by atoms with Crippen LogP contribution in [-0.4, -0.2) is 75.1 Å². The summed E-state index contributed by atoms with van der Waals surface area (Å²) < 4.78 is 54.6. The predicted octanol–water partition coefficient (Wildman–Crippen LogP) is 3.65. The van der Waals surface area contributed by atoms with Gasteiger partial charge >= 0.3 is 5.97 Å². The second-order valence-corrected chi connectivity index (χ2v) is 11.2. The normalized spacial score (nSPS) is 22.5. The molecule has 1 unspecified atom stereocenters. The van der Waals surface area contributed by atoms with Gasteiger partial charge in [-0.2, -0.15) is 0 Å². The van der Waals surface area contributed by atoms with E-state index >= 15 is 0 Å². The Kier molecular flexibility index (Phi) is 10.8. The fourth-order valence-corrected chi connectivity index (χ4v) is 5.57. The van der Waals surface area contributed by atoms with Crippen LogP contribution in [0.5, 0.6) is 11.5 Å². The van der Waals surface area contributed by atoms with Crippen molar-refractivity contribution in [3.8, 4) is 11.5 Å². The van der Waals surface area contributed by atoms with E-state index in [0.29, 0.717) is 37.9 Å². The van der Waals surface area contributed by atoms with Crippen molar-refractivity contribution in [2.24, 2.45) is 0 Å². The third-order valence-corrected chi connectivity index (χ3v) is 8.09. The summed E-state index contributed by atoms with van der Waals surface area (Å²) in [4.78, 5) is 38.5. The number of carbonyl (C=O) groups excluding carboxylic acids is 3. The van der Waals surface area contributed by atoms with Gasteiger partial charge in [0.05, 0.1) is 23.8 Å². The fraction of sp³-hybridized carbons (Fsp3) is 0.500. The number of aryl methyl sites for hydroxylation is 1. The molecule has 3 aliphatic rings. The van der Waals surface area contributed by atoms with Crippen LogP contribution in [0.15, 0.2) is 36.4 Å². The Morgan fingerprint density at radius 3 is 2.14 bits per heavy atom. The maximum absolute atomic E-state index is 13.9. The van der Waals surface area contributed by atoms with E-state index < -0.39 is 46.6 Å². The first-order chi connectivity index (χ1) is 20.5. The van der Waals surface area contributed by atoms with E-state index in [0.717, 1.165) is 6.07 Å². The molecule has 3 saturated carbocycles. The molecule has 5 rings (SSSR count). The Morgan fingerprint density at radius 1 is 0.884 bits per heavy atom. The van der Waals surface area contributed by atoms with E-state index in [1.807, 2.05) is 0 Å². The van der Waals surface area contributed by atoms with Crippen LogP contribution in [0, 0.1) is 18.6 Å². The molecule has 13 heteroatoms. The molecule has 234 valence electrons. The van der Waals surface area contributed by atoms with Crippen molar-refractivity contribution in [3.05, 3.63) is 58.6 Å². The highest BCUT2D eigenvalue weighted by atomic mass is 35.5. The number of carbonyl (C=O) groups is 3. The van der Waals surface area contributed by atoms with E-state index in [1.54, 1.807) is 19.1 Å². The van der Waals surface area contributed by atoms with Gasteiger partial charge in [-0.05, 0) is 56.4 Å². The van der Waals surface area contributed by atoms with Crippen molar-refractivity contribution < 1.29 is 46.8 Å². The van der Waals surface area contributed by atoms with Crippen LogP contribution in [0.3, 0.4) is 0 Å². The molecule has 0 aliphatic heterocycles. The maximum atomic E-state index is 13.9. The van der Waals surface area contributed by atoms with Crippen LogP contribution in [0.4, 0.5) is 8.78 Å². The van der Waals surface area contributed by atoms with Crippen molar-refractivity contribution in [3.63, 3.8) is 0 Å². The minimum absolute atomic E-state index is 0.0593. The molecule has 0 heterocycles. The van der Waals surface area contributed by atoms with Crippen LogP contribution >= 0.6 is 11.6 Å². The summed E-state index contributed by atoms with van der Waals surface area (Å²) in [6.07, 6.45) is 1.27. The molecule has 2 aromatic rings. The number of methoxy groups -OCH3 is 1. The predicted molar refractivity (Wildman–Crippen MR) is 151 cm³/mol. The largest absolute Gasteiger partial charge is 0.484 e. The molecule has 0 saturated heterocycles. The lowest BCUT2D eigenvalue weighted by atomic mass is 9.59. The Labute approximate surface area is 253 Å². The third-order valence-electron chi connectivity index (χ3n) is 7.78. The number of nitrogens with one attached hydrogen (secondary N) is 2. The van der Waals surface area contributed by atoms with E-state index in [-0.39, 0.29) is 49.4 Å². The van der Waals surface area contributed by atoms with E-state index in [4.69, 9.17) is 35.3 Å². The average molecular weight is 625 g/mol. The summed E-state index contributed by atoms with van der Waals surface area (Å²) >= 11 is 5.70. The number of esters is 1. The van der Waals surface area contributed by atoms with Crippen molar-refractivity contribution >= 4 is 29.4 Å². The van der Waals surface area contributed by atoms with Crippen LogP contribution in [-0.2, 0) is 28.6 Å². The fourth-order valence-electron chi connectivity index (χ4n) is 5.45. The number of hydrogen-bond acceptors (Lipinski definition) is 8. The molecule has 0 aromatic heterocycles. The Morgan fingerprint density at radius 2 is 1.51 bits per heavy atom. The van der Waals surface area contributed by atoms with E-state index in [1.165, 1.54) is 25.3 Å². The monoisotopic (exact) mass is 624 g/mol. The second kappa shape index (κ2) is 14.3. The van der Waals surface area contributed by atoms with Crippen LogP contribution in [0.2, 0.25) is 5.02 Å². The molecule has 0 radical (unpaired) electrons. The molecular weight excluding hydrogens is 590 g/mol. The summed E-state index contributed by atoms with van der Waals surface area (Å²) in [5.41, 5.74) is -1.15. The lowest BCUT2D eigenvalue weighted by molar-refractivity contribution is -0.171. The molecule has 3 fully saturated rings. The number of halogens is 3. The highest BCUT2D eigenvalue weighted by Crippen LogP contribution is 2.48. The standard InChI is InChI=1S/C30H35ClF2N2O8/c1-19-3-4-20(13-23(19)32)42-17-27(37)35-30-9-7-29(8-10-30,15-25(30)43-28(38)18-40-12-11-39-2)34-26(36)16-41-21-5-6-22(31)24(33)14-21/h3-6,13-14,25H,7-12,15-18H2,1-2H3,(H,34,36)(H,35,37). The maximum Gasteiger partial charge on any atom is 0.332 e. The number of amides is 2. The van der Waals surface area contributed by atoms with E-state index in [9.17, 15) is 23.2 Å². The third kappa shape index (κ3) is 8.55. The van der Waals surface area contributed by atoms with Gasteiger partial charge < -0.3 is 34.3 Å². The first kappa shape index (κ1) is 32.4. The van der Waals surface area contributed by atoms with Gasteiger partial charge in [0.1, 0.15) is 35.8 Å². The summed E-state index contributed by atoms with van der Waals surface area (Å²) in [5, 5.41) is 5.95. The summed E-state index contributed by atoms with van der Waals surface area (Å²) in [5.74, 6) is -2.25. The molecule has 2 aromatic carbocycles. The molecule has 43 heavy (non-hydrogen) atoms. The molecule has 2 N–H and O–H groups in total. The minimum Gasteiger partial charge on any atom is -0.484 e. The molecule has 1 atom stereocenters. The highest BCUT2D eigenvalue weighted by molar-refractivity contribution is 6.30. The Balaban J connectivity index is 1.40. The zero-order valence-corrected chi connectivity index (χ0v) is 24.8. The van der Waals surface area contributed by atoms with Crippen molar-refractivity contribution in [1.29, 1.82) is 0 Å². The number of benzene rings is 2. The SMILES string of the molecule is COCCOCC(=O)OC1CC2(NC(=O)COc3ccc(Cl)c(F)c3)CCC1(NC(=O)COc1ccc(C)c(F)c1)CC2. The van der Waals surface area contributed by atoms with Gasteiger partial charge in [0.15, 0.2) is 13.2 Å². The number of fused-ring (bicyclic) bond motifs is 3. The van der Waals surface area contributed by atoms with Gasteiger partial charge in [-0.3, -0.25) is 9.59 Å². The minimum atomic E-state index is -0.898.